The molecule has 0 bridgehead atoms. The third kappa shape index (κ3) is 3.34. The molecular weight excluding hydrogens is 294 g/mol. The van der Waals surface area contributed by atoms with E-state index in [1.165, 1.54) is 4.57 Å². The Kier molecular flexibility index (Phi) is 4.70. The average molecular weight is 313 g/mol. The minimum atomic E-state index is -0.509. The highest BCUT2D eigenvalue weighted by atomic mass is 16.5. The summed E-state index contributed by atoms with van der Waals surface area (Å²) in [6.45, 7) is 7.73. The maximum atomic E-state index is 12.1. The van der Waals surface area contributed by atoms with E-state index in [4.69, 9.17) is 10.00 Å². The van der Waals surface area contributed by atoms with E-state index in [2.05, 4.69) is 11.1 Å². The monoisotopic (exact) mass is 313 g/mol. The van der Waals surface area contributed by atoms with Crippen molar-refractivity contribution in [2.45, 2.75) is 40.2 Å². The number of aromatic nitrogens is 2. The fraction of sp³-hybridized carbons (Fsp3) is 0.353. The van der Waals surface area contributed by atoms with Crippen LogP contribution in [0.15, 0.2) is 27.8 Å². The molecule has 1 aromatic heterocycles. The fourth-order valence-corrected chi connectivity index (χ4v) is 2.46. The lowest BCUT2D eigenvalue weighted by atomic mass is 10.1. The van der Waals surface area contributed by atoms with E-state index in [-0.39, 0.29) is 11.8 Å². The minimum absolute atomic E-state index is 0.118. The first kappa shape index (κ1) is 16.6. The molecule has 0 saturated carbocycles. The summed E-state index contributed by atoms with van der Waals surface area (Å²) in [5.41, 5.74) is 0.774. The van der Waals surface area contributed by atoms with Crippen molar-refractivity contribution in [1.29, 1.82) is 5.26 Å². The van der Waals surface area contributed by atoms with E-state index in [1.807, 2.05) is 20.8 Å². The van der Waals surface area contributed by atoms with E-state index in [1.54, 1.807) is 25.1 Å². The highest BCUT2D eigenvalue weighted by Crippen LogP contribution is 2.28. The maximum absolute atomic E-state index is 12.1. The zero-order chi connectivity index (χ0) is 17.1. The summed E-state index contributed by atoms with van der Waals surface area (Å²) in [6.07, 6.45) is 0. The Morgan fingerprint density at radius 3 is 2.57 bits per heavy atom. The molecule has 0 aliphatic heterocycles. The van der Waals surface area contributed by atoms with Crippen LogP contribution in [-0.4, -0.2) is 9.55 Å². The third-order valence-electron chi connectivity index (χ3n) is 3.47. The molecule has 2 aromatic rings. The highest BCUT2D eigenvalue weighted by molar-refractivity contribution is 5.42. The number of hydrogen-bond donors (Lipinski definition) is 1. The second-order valence-corrected chi connectivity index (χ2v) is 5.63. The molecule has 23 heavy (non-hydrogen) atoms. The maximum Gasteiger partial charge on any atom is 0.331 e. The third-order valence-corrected chi connectivity index (χ3v) is 3.47. The van der Waals surface area contributed by atoms with Crippen molar-refractivity contribution < 1.29 is 4.74 Å². The Morgan fingerprint density at radius 1 is 1.30 bits per heavy atom. The van der Waals surface area contributed by atoms with Crippen LogP contribution in [0.1, 0.15) is 43.4 Å². The van der Waals surface area contributed by atoms with Crippen molar-refractivity contribution in [3.8, 4) is 17.7 Å². The molecule has 6 nitrogen and oxygen atoms in total. The van der Waals surface area contributed by atoms with Crippen LogP contribution >= 0.6 is 0 Å². The Balaban J connectivity index is 2.68. The Morgan fingerprint density at radius 2 is 2.00 bits per heavy atom. The lowest BCUT2D eigenvalue weighted by molar-refractivity contribution is 0.406. The fourth-order valence-electron chi connectivity index (χ4n) is 2.46. The van der Waals surface area contributed by atoms with Gasteiger partial charge < -0.3 is 4.74 Å². The summed E-state index contributed by atoms with van der Waals surface area (Å²) in [4.78, 5) is 26.5. The lowest BCUT2D eigenvalue weighted by Gasteiger charge is -2.17. The van der Waals surface area contributed by atoms with Gasteiger partial charge in [-0.3, -0.25) is 14.3 Å². The molecule has 0 aliphatic rings. The highest BCUT2D eigenvalue weighted by Gasteiger charge is 2.19. The van der Waals surface area contributed by atoms with Gasteiger partial charge in [-0.1, -0.05) is 13.8 Å². The van der Waals surface area contributed by atoms with Gasteiger partial charge in [-0.15, -0.1) is 0 Å². The number of H-pyrrole nitrogens is 1. The quantitative estimate of drug-likeness (QED) is 0.940. The molecule has 2 rings (SSSR count). The van der Waals surface area contributed by atoms with Gasteiger partial charge in [0.25, 0.3) is 5.56 Å². The first-order valence-corrected chi connectivity index (χ1v) is 7.44. The van der Waals surface area contributed by atoms with Crippen LogP contribution in [0.2, 0.25) is 0 Å². The van der Waals surface area contributed by atoms with Gasteiger partial charge >= 0.3 is 5.69 Å². The lowest BCUT2D eigenvalue weighted by Crippen LogP contribution is -2.33. The summed E-state index contributed by atoms with van der Waals surface area (Å²) in [5.74, 6) is 0.536. The van der Waals surface area contributed by atoms with Crippen LogP contribution in [-0.2, 0) is 6.54 Å². The van der Waals surface area contributed by atoms with Gasteiger partial charge in [0.2, 0.25) is 5.88 Å². The number of aryl methyl sites for hydroxylation is 1. The van der Waals surface area contributed by atoms with Crippen molar-refractivity contribution in [3.63, 3.8) is 0 Å². The predicted molar refractivity (Wildman–Crippen MR) is 87.1 cm³/mol. The first-order valence-electron chi connectivity index (χ1n) is 7.44. The largest absolute Gasteiger partial charge is 0.440 e. The van der Waals surface area contributed by atoms with Gasteiger partial charge in [-0.25, -0.2) is 4.79 Å². The summed E-state index contributed by atoms with van der Waals surface area (Å²) in [7, 11) is 0. The van der Waals surface area contributed by atoms with E-state index in [0.29, 0.717) is 23.4 Å². The van der Waals surface area contributed by atoms with E-state index in [0.717, 1.165) is 5.56 Å². The van der Waals surface area contributed by atoms with E-state index >= 15 is 0 Å². The normalized spacial score (nSPS) is 10.6. The van der Waals surface area contributed by atoms with Crippen molar-refractivity contribution >= 4 is 0 Å². The number of hydrogen-bond acceptors (Lipinski definition) is 4. The minimum Gasteiger partial charge on any atom is -0.440 e. The second kappa shape index (κ2) is 6.53. The number of nitrogens with one attached hydrogen (secondary N) is 1. The summed E-state index contributed by atoms with van der Waals surface area (Å²) < 4.78 is 7.25. The topological polar surface area (TPSA) is 87.9 Å². The Bertz CT molecular complexity index is 885. The molecule has 0 aliphatic carbocycles. The van der Waals surface area contributed by atoms with E-state index < -0.39 is 11.2 Å². The van der Waals surface area contributed by atoms with Crippen LogP contribution in [0.25, 0.3) is 0 Å². The zero-order valence-electron chi connectivity index (χ0n) is 13.6. The standard InChI is InChI=1S/C17H19N3O3/c1-5-20-16(14(10(2)3)15(21)19-17(20)22)23-13-7-11(4)6-12(8-13)9-18/h6-8,10H,5H2,1-4H3,(H,19,21,22). The van der Waals surface area contributed by atoms with Gasteiger partial charge in [0.05, 0.1) is 17.2 Å². The molecule has 0 radical (unpaired) electrons. The molecule has 0 fully saturated rings. The van der Waals surface area contributed by atoms with Gasteiger partial charge in [0.15, 0.2) is 0 Å². The van der Waals surface area contributed by atoms with Crippen molar-refractivity contribution in [2.75, 3.05) is 0 Å². The van der Waals surface area contributed by atoms with Crippen LogP contribution in [0.5, 0.6) is 11.6 Å². The molecule has 0 atom stereocenters. The van der Waals surface area contributed by atoms with Crippen molar-refractivity contribution in [1.82, 2.24) is 9.55 Å². The molecule has 6 heteroatoms. The molecule has 0 amide bonds. The van der Waals surface area contributed by atoms with Gasteiger partial charge in [0, 0.05) is 6.54 Å². The van der Waals surface area contributed by atoms with Crippen LogP contribution < -0.4 is 16.0 Å². The molecule has 1 N–H and O–H groups in total. The summed E-state index contributed by atoms with van der Waals surface area (Å²) >= 11 is 0. The molecule has 1 heterocycles. The molecule has 0 unspecified atom stereocenters. The van der Waals surface area contributed by atoms with Crippen LogP contribution in [0.3, 0.4) is 0 Å². The second-order valence-electron chi connectivity index (χ2n) is 5.63. The Hall–Kier alpha value is -2.81. The first-order chi connectivity index (χ1) is 10.9. The summed E-state index contributed by atoms with van der Waals surface area (Å²) in [6, 6.07) is 7.15. The van der Waals surface area contributed by atoms with E-state index in [9.17, 15) is 9.59 Å². The van der Waals surface area contributed by atoms with Crippen molar-refractivity contribution in [3.05, 3.63) is 55.7 Å². The van der Waals surface area contributed by atoms with Gasteiger partial charge in [0.1, 0.15) is 5.75 Å². The predicted octanol–water partition coefficient (Wildman–Crippen LogP) is 2.65. The van der Waals surface area contributed by atoms with Crippen molar-refractivity contribution in [2.24, 2.45) is 0 Å². The number of ether oxygens (including phenoxy) is 1. The number of rotatable bonds is 4. The number of nitriles is 1. The summed E-state index contributed by atoms with van der Waals surface area (Å²) in [5, 5.41) is 9.07. The number of aromatic amines is 1. The zero-order valence-corrected chi connectivity index (χ0v) is 13.6. The average Bonchev–Trinajstić information content (AvgIpc) is 2.46. The van der Waals surface area contributed by atoms with Gasteiger partial charge in [-0.2, -0.15) is 5.26 Å². The van der Waals surface area contributed by atoms with Crippen LogP contribution in [0, 0.1) is 18.3 Å². The van der Waals surface area contributed by atoms with Crippen LogP contribution in [0.4, 0.5) is 0 Å². The number of benzene rings is 1. The molecule has 120 valence electrons. The van der Waals surface area contributed by atoms with Gasteiger partial charge in [-0.05, 0) is 43.5 Å². The Labute approximate surface area is 134 Å². The molecular formula is C17H19N3O3. The smallest absolute Gasteiger partial charge is 0.331 e. The number of nitrogens with zero attached hydrogens (tertiary/aromatic N) is 2. The molecule has 0 spiro atoms. The SMILES string of the molecule is CCn1c(Oc2cc(C)cc(C#N)c2)c(C(C)C)c(=O)[nH]c1=O. The molecule has 0 saturated heterocycles. The molecule has 1 aromatic carbocycles.